The molecule has 0 saturated carbocycles. The Bertz CT molecular complexity index is 936. The van der Waals surface area contributed by atoms with Gasteiger partial charge < -0.3 is 14.2 Å². The third kappa shape index (κ3) is 51.3. The van der Waals surface area contributed by atoms with Gasteiger partial charge in [0.2, 0.25) is 0 Å². The number of carbonyl (C=O) groups excluding carboxylic acids is 3. The molecule has 0 saturated heterocycles. The molecule has 0 aromatic rings. The average molecular weight is 892 g/mol. The molecule has 0 fully saturated rings. The zero-order valence-electron chi connectivity index (χ0n) is 42.9. The third-order valence-corrected chi connectivity index (χ3v) is 13.1. The van der Waals surface area contributed by atoms with Gasteiger partial charge in [-0.15, -0.1) is 0 Å². The van der Waals surface area contributed by atoms with Crippen LogP contribution in [0.25, 0.3) is 0 Å². The fourth-order valence-electron chi connectivity index (χ4n) is 8.80. The van der Waals surface area contributed by atoms with Gasteiger partial charge in [0.15, 0.2) is 6.10 Å². The molecule has 0 bridgehead atoms. The van der Waals surface area contributed by atoms with E-state index in [-0.39, 0.29) is 31.1 Å². The maximum Gasteiger partial charge on any atom is 0.306 e. The lowest BCUT2D eigenvalue weighted by Gasteiger charge is -2.18. The van der Waals surface area contributed by atoms with Gasteiger partial charge in [-0.1, -0.05) is 290 Å². The molecule has 0 aliphatic rings. The Morgan fingerprint density at radius 2 is 0.429 bits per heavy atom. The van der Waals surface area contributed by atoms with E-state index in [2.05, 4.69) is 20.8 Å². The van der Waals surface area contributed by atoms with Gasteiger partial charge in [0, 0.05) is 19.3 Å². The van der Waals surface area contributed by atoms with Crippen molar-refractivity contribution in [2.75, 3.05) is 13.2 Å². The molecule has 0 aliphatic heterocycles. The van der Waals surface area contributed by atoms with Crippen LogP contribution in [0.2, 0.25) is 0 Å². The normalized spacial score (nSPS) is 11.9. The minimum atomic E-state index is -0.759. The molecule has 63 heavy (non-hydrogen) atoms. The minimum absolute atomic E-state index is 0.0623. The molecule has 1 unspecified atom stereocenters. The predicted molar refractivity (Wildman–Crippen MR) is 270 cm³/mol. The summed E-state index contributed by atoms with van der Waals surface area (Å²) in [6.45, 7) is 6.65. The number of unbranched alkanes of at least 4 members (excludes halogenated alkanes) is 42. The number of rotatable bonds is 53. The van der Waals surface area contributed by atoms with Crippen molar-refractivity contribution in [2.24, 2.45) is 0 Å². The Balaban J connectivity index is 4.07. The van der Waals surface area contributed by atoms with Gasteiger partial charge in [-0.25, -0.2) is 0 Å². The molecule has 0 heterocycles. The van der Waals surface area contributed by atoms with E-state index in [1.54, 1.807) is 0 Å². The molecular formula is C57H110O6. The van der Waals surface area contributed by atoms with Crippen molar-refractivity contribution in [3.8, 4) is 0 Å². The van der Waals surface area contributed by atoms with Crippen LogP contribution < -0.4 is 0 Å². The van der Waals surface area contributed by atoms with E-state index in [1.165, 1.54) is 231 Å². The fourth-order valence-corrected chi connectivity index (χ4v) is 8.80. The second-order valence-corrected chi connectivity index (χ2v) is 19.6. The van der Waals surface area contributed by atoms with Crippen molar-refractivity contribution in [3.05, 3.63) is 0 Å². The lowest BCUT2D eigenvalue weighted by molar-refractivity contribution is -0.167. The lowest BCUT2D eigenvalue weighted by Crippen LogP contribution is -2.30. The summed E-state index contributed by atoms with van der Waals surface area (Å²) in [6, 6.07) is 0. The maximum absolute atomic E-state index is 12.8. The van der Waals surface area contributed by atoms with E-state index in [0.29, 0.717) is 19.3 Å². The van der Waals surface area contributed by atoms with E-state index in [4.69, 9.17) is 14.2 Å². The van der Waals surface area contributed by atoms with Crippen LogP contribution in [0, 0.1) is 0 Å². The highest BCUT2D eigenvalue weighted by atomic mass is 16.6. The number of carbonyl (C=O) groups is 3. The van der Waals surface area contributed by atoms with Crippen LogP contribution in [0.3, 0.4) is 0 Å². The Hall–Kier alpha value is -1.59. The first-order chi connectivity index (χ1) is 31.0. The monoisotopic (exact) mass is 891 g/mol. The third-order valence-electron chi connectivity index (χ3n) is 13.1. The Morgan fingerprint density at radius 1 is 0.254 bits per heavy atom. The van der Waals surface area contributed by atoms with Crippen molar-refractivity contribution < 1.29 is 28.6 Å². The van der Waals surface area contributed by atoms with E-state index in [9.17, 15) is 14.4 Å². The fraction of sp³-hybridized carbons (Fsp3) is 0.947. The van der Waals surface area contributed by atoms with Crippen molar-refractivity contribution >= 4 is 17.9 Å². The van der Waals surface area contributed by atoms with E-state index < -0.39 is 6.10 Å². The van der Waals surface area contributed by atoms with Gasteiger partial charge in [-0.05, 0) is 19.3 Å². The molecule has 6 nitrogen and oxygen atoms in total. The highest BCUT2D eigenvalue weighted by Crippen LogP contribution is 2.18. The maximum atomic E-state index is 12.8. The topological polar surface area (TPSA) is 78.9 Å². The average Bonchev–Trinajstić information content (AvgIpc) is 3.28. The molecule has 0 aromatic heterocycles. The van der Waals surface area contributed by atoms with Crippen LogP contribution in [0.4, 0.5) is 0 Å². The summed E-state index contributed by atoms with van der Waals surface area (Å²) in [5.74, 6) is -0.847. The number of ether oxygens (including phenoxy) is 3. The molecule has 374 valence electrons. The first-order valence-corrected chi connectivity index (χ1v) is 28.5. The van der Waals surface area contributed by atoms with E-state index >= 15 is 0 Å². The second-order valence-electron chi connectivity index (χ2n) is 19.6. The van der Waals surface area contributed by atoms with Gasteiger partial charge in [0.1, 0.15) is 13.2 Å². The number of hydrogen-bond acceptors (Lipinski definition) is 6. The first-order valence-electron chi connectivity index (χ1n) is 28.5. The first kappa shape index (κ1) is 61.4. The van der Waals surface area contributed by atoms with Gasteiger partial charge in [-0.3, -0.25) is 14.4 Å². The molecule has 0 amide bonds. The molecule has 0 radical (unpaired) electrons. The Labute approximate surface area is 393 Å². The molecule has 0 aromatic carbocycles. The van der Waals surface area contributed by atoms with Gasteiger partial charge in [-0.2, -0.15) is 0 Å². The predicted octanol–water partition coefficient (Wildman–Crippen LogP) is 18.8. The van der Waals surface area contributed by atoms with Gasteiger partial charge in [0.05, 0.1) is 0 Å². The number of hydrogen-bond donors (Lipinski definition) is 0. The summed E-state index contributed by atoms with van der Waals surface area (Å²) >= 11 is 0. The molecule has 1 atom stereocenters. The Kier molecular flexibility index (Phi) is 51.7. The van der Waals surface area contributed by atoms with E-state index in [0.717, 1.165) is 57.8 Å². The zero-order chi connectivity index (χ0) is 45.8. The molecule has 0 rings (SSSR count). The largest absolute Gasteiger partial charge is 0.462 e. The van der Waals surface area contributed by atoms with Crippen LogP contribution in [0.5, 0.6) is 0 Å². The molecular weight excluding hydrogens is 781 g/mol. The van der Waals surface area contributed by atoms with Crippen molar-refractivity contribution in [1.29, 1.82) is 0 Å². The summed E-state index contributed by atoms with van der Waals surface area (Å²) in [5.41, 5.74) is 0. The summed E-state index contributed by atoms with van der Waals surface area (Å²) in [6.07, 6.45) is 58.4. The molecule has 6 heteroatoms. The van der Waals surface area contributed by atoms with Crippen LogP contribution in [0.1, 0.15) is 329 Å². The Morgan fingerprint density at radius 3 is 0.635 bits per heavy atom. The smallest absolute Gasteiger partial charge is 0.306 e. The van der Waals surface area contributed by atoms with Crippen LogP contribution in [-0.4, -0.2) is 37.2 Å². The highest BCUT2D eigenvalue weighted by Gasteiger charge is 2.19. The summed E-state index contributed by atoms with van der Waals surface area (Å²) in [5, 5.41) is 0. The summed E-state index contributed by atoms with van der Waals surface area (Å²) in [7, 11) is 0. The van der Waals surface area contributed by atoms with Crippen molar-refractivity contribution in [1.82, 2.24) is 0 Å². The van der Waals surface area contributed by atoms with Crippen LogP contribution >= 0.6 is 0 Å². The second kappa shape index (κ2) is 53.0. The van der Waals surface area contributed by atoms with Gasteiger partial charge in [0.25, 0.3) is 0 Å². The quantitative estimate of drug-likeness (QED) is 0.0344. The van der Waals surface area contributed by atoms with Crippen molar-refractivity contribution in [3.63, 3.8) is 0 Å². The van der Waals surface area contributed by atoms with Gasteiger partial charge >= 0.3 is 17.9 Å². The van der Waals surface area contributed by atoms with E-state index in [1.807, 2.05) is 0 Å². The van der Waals surface area contributed by atoms with Crippen LogP contribution in [0.15, 0.2) is 0 Å². The zero-order valence-corrected chi connectivity index (χ0v) is 42.9. The lowest BCUT2D eigenvalue weighted by atomic mass is 10.0. The SMILES string of the molecule is CCCCCCCCCCCCCCCCCCCCCCCC(=O)OCC(COC(=O)CCCCCCCC)OC(=O)CCCCCCCCCCCCCCCCCCCC. The molecule has 0 spiro atoms. The molecule has 0 N–H and O–H groups in total. The van der Waals surface area contributed by atoms with Crippen LogP contribution in [-0.2, 0) is 28.6 Å². The summed E-state index contributed by atoms with van der Waals surface area (Å²) < 4.78 is 16.8. The summed E-state index contributed by atoms with van der Waals surface area (Å²) in [4.78, 5) is 37.8. The standard InChI is InChI=1S/C57H110O6/c1-4-7-10-13-16-18-20-22-24-26-28-29-30-32-33-35-37-39-41-44-47-50-56(59)62-53-54(52-61-55(58)49-46-43-15-12-9-6-3)63-57(60)51-48-45-42-40-38-36-34-31-27-25-23-21-19-17-14-11-8-5-2/h54H,4-53H2,1-3H3. The minimum Gasteiger partial charge on any atom is -0.462 e. The molecule has 0 aliphatic carbocycles. The highest BCUT2D eigenvalue weighted by molar-refractivity contribution is 5.71. The van der Waals surface area contributed by atoms with Crippen molar-refractivity contribution in [2.45, 2.75) is 335 Å². The number of esters is 3.